The topological polar surface area (TPSA) is 32.7 Å². The minimum Gasteiger partial charge on any atom is -0.488 e. The van der Waals surface area contributed by atoms with Crippen molar-refractivity contribution in [1.29, 1.82) is 0 Å². The molecule has 0 saturated carbocycles. The number of hydrogen-bond acceptors (Lipinski definition) is 3. The SMILES string of the molecule is CC1CCN(CC(O)C(C)Oc2ccc(-c3ccc(C(F)(F)F)cc3)cc2)CC1. The highest BCUT2D eigenvalue weighted by Gasteiger charge is 2.30. The van der Waals surface area contributed by atoms with Gasteiger partial charge >= 0.3 is 6.18 Å². The largest absolute Gasteiger partial charge is 0.488 e. The third-order valence-corrected chi connectivity index (χ3v) is 5.59. The summed E-state index contributed by atoms with van der Waals surface area (Å²) < 4.78 is 43.9. The van der Waals surface area contributed by atoms with E-state index in [4.69, 9.17) is 4.74 Å². The van der Waals surface area contributed by atoms with E-state index < -0.39 is 17.8 Å². The summed E-state index contributed by atoms with van der Waals surface area (Å²) in [6.07, 6.45) is -2.95. The van der Waals surface area contributed by atoms with Gasteiger partial charge in [0.25, 0.3) is 0 Å². The predicted octanol–water partition coefficient (Wildman–Crippen LogP) is 5.23. The van der Waals surface area contributed by atoms with Crippen LogP contribution in [0.4, 0.5) is 13.2 Å². The fraction of sp³-hybridized carbons (Fsp3) is 0.478. The Morgan fingerprint density at radius 1 is 1.00 bits per heavy atom. The summed E-state index contributed by atoms with van der Waals surface area (Å²) in [7, 11) is 0. The second-order valence-electron chi connectivity index (χ2n) is 7.97. The van der Waals surface area contributed by atoms with E-state index in [0.29, 0.717) is 17.9 Å². The van der Waals surface area contributed by atoms with Crippen LogP contribution in [0, 0.1) is 5.92 Å². The standard InChI is InChI=1S/C23H28F3NO2/c1-16-11-13-27(14-12-16)15-22(28)17(2)29-21-9-5-19(6-10-21)18-3-7-20(8-4-18)23(24,25)26/h3-10,16-17,22,28H,11-15H2,1-2H3. The zero-order valence-corrected chi connectivity index (χ0v) is 16.8. The van der Waals surface area contributed by atoms with Crippen LogP contribution in [0.15, 0.2) is 48.5 Å². The highest BCUT2D eigenvalue weighted by molar-refractivity contribution is 5.64. The molecule has 2 aromatic rings. The van der Waals surface area contributed by atoms with Crippen molar-refractivity contribution in [3.8, 4) is 16.9 Å². The molecular weight excluding hydrogens is 379 g/mol. The van der Waals surface area contributed by atoms with E-state index in [2.05, 4.69) is 11.8 Å². The maximum atomic E-state index is 12.7. The third kappa shape index (κ3) is 5.97. The van der Waals surface area contributed by atoms with E-state index in [1.54, 1.807) is 12.1 Å². The number of aliphatic hydroxyl groups excluding tert-OH is 1. The van der Waals surface area contributed by atoms with Crippen molar-refractivity contribution in [3.05, 3.63) is 54.1 Å². The van der Waals surface area contributed by atoms with Gasteiger partial charge < -0.3 is 14.7 Å². The highest BCUT2D eigenvalue weighted by Crippen LogP contribution is 2.31. The van der Waals surface area contributed by atoms with Crippen molar-refractivity contribution in [1.82, 2.24) is 4.90 Å². The van der Waals surface area contributed by atoms with Crippen LogP contribution >= 0.6 is 0 Å². The Morgan fingerprint density at radius 2 is 1.52 bits per heavy atom. The molecule has 1 N–H and O–H groups in total. The van der Waals surface area contributed by atoms with Crippen LogP contribution in [-0.2, 0) is 6.18 Å². The molecule has 0 aliphatic carbocycles. The summed E-state index contributed by atoms with van der Waals surface area (Å²) in [4.78, 5) is 2.28. The predicted molar refractivity (Wildman–Crippen MR) is 108 cm³/mol. The zero-order valence-electron chi connectivity index (χ0n) is 16.8. The van der Waals surface area contributed by atoms with Crippen LogP contribution in [0.3, 0.4) is 0 Å². The summed E-state index contributed by atoms with van der Waals surface area (Å²) >= 11 is 0. The zero-order chi connectivity index (χ0) is 21.0. The number of ether oxygens (including phenoxy) is 1. The molecule has 3 rings (SSSR count). The Labute approximate surface area is 170 Å². The first-order valence-electron chi connectivity index (χ1n) is 10.1. The van der Waals surface area contributed by atoms with E-state index in [1.165, 1.54) is 12.1 Å². The summed E-state index contributed by atoms with van der Waals surface area (Å²) in [5.74, 6) is 1.37. The molecule has 0 bridgehead atoms. The van der Waals surface area contributed by atoms with Crippen molar-refractivity contribution in [3.63, 3.8) is 0 Å². The van der Waals surface area contributed by atoms with E-state index >= 15 is 0 Å². The van der Waals surface area contributed by atoms with Crippen molar-refractivity contribution >= 4 is 0 Å². The maximum absolute atomic E-state index is 12.7. The molecule has 0 radical (unpaired) electrons. The molecule has 2 aromatic carbocycles. The first kappa shape index (κ1) is 21.7. The van der Waals surface area contributed by atoms with Crippen LogP contribution < -0.4 is 4.74 Å². The Bertz CT molecular complexity index is 766. The molecule has 2 atom stereocenters. The van der Waals surface area contributed by atoms with Crippen LogP contribution in [0.2, 0.25) is 0 Å². The lowest BCUT2D eigenvalue weighted by molar-refractivity contribution is -0.137. The summed E-state index contributed by atoms with van der Waals surface area (Å²) in [5, 5.41) is 10.5. The van der Waals surface area contributed by atoms with Gasteiger partial charge in [0.2, 0.25) is 0 Å². The lowest BCUT2D eigenvalue weighted by Crippen LogP contribution is -2.43. The Morgan fingerprint density at radius 3 is 2.03 bits per heavy atom. The Balaban J connectivity index is 1.55. The Hall–Kier alpha value is -2.05. The first-order chi connectivity index (χ1) is 13.7. The number of nitrogens with zero attached hydrogens (tertiary/aromatic N) is 1. The van der Waals surface area contributed by atoms with E-state index in [0.717, 1.165) is 49.5 Å². The number of hydrogen-bond donors (Lipinski definition) is 1. The molecule has 6 heteroatoms. The number of benzene rings is 2. The molecule has 1 heterocycles. The van der Waals surface area contributed by atoms with Gasteiger partial charge in [0.05, 0.1) is 5.56 Å². The van der Waals surface area contributed by atoms with Gasteiger partial charge in [-0.3, -0.25) is 0 Å². The molecule has 1 aliphatic heterocycles. The van der Waals surface area contributed by atoms with Gasteiger partial charge in [0.15, 0.2) is 0 Å². The molecular formula is C23H28F3NO2. The average molecular weight is 407 g/mol. The van der Waals surface area contributed by atoms with Crippen LogP contribution in [-0.4, -0.2) is 41.8 Å². The number of β-amino-alcohol motifs (C(OH)–C–C–N with tert-alkyl or cyclic N) is 1. The van der Waals surface area contributed by atoms with E-state index in [9.17, 15) is 18.3 Å². The third-order valence-electron chi connectivity index (χ3n) is 5.59. The second-order valence-corrected chi connectivity index (χ2v) is 7.97. The molecule has 0 aromatic heterocycles. The minimum atomic E-state index is -4.33. The van der Waals surface area contributed by atoms with Crippen molar-refractivity contribution < 1.29 is 23.0 Å². The molecule has 1 saturated heterocycles. The van der Waals surface area contributed by atoms with Gasteiger partial charge in [-0.2, -0.15) is 13.2 Å². The monoisotopic (exact) mass is 407 g/mol. The fourth-order valence-electron chi connectivity index (χ4n) is 3.53. The van der Waals surface area contributed by atoms with Crippen LogP contribution in [0.25, 0.3) is 11.1 Å². The van der Waals surface area contributed by atoms with Crippen molar-refractivity contribution in [2.24, 2.45) is 5.92 Å². The highest BCUT2D eigenvalue weighted by atomic mass is 19.4. The lowest BCUT2D eigenvalue weighted by Gasteiger charge is -2.33. The summed E-state index contributed by atoms with van der Waals surface area (Å²) in [6.45, 7) is 6.71. The van der Waals surface area contributed by atoms with E-state index in [-0.39, 0.29) is 6.10 Å². The summed E-state index contributed by atoms with van der Waals surface area (Å²) in [6, 6.07) is 12.3. The first-order valence-corrected chi connectivity index (χ1v) is 10.1. The molecule has 1 fully saturated rings. The number of likely N-dealkylation sites (tertiary alicyclic amines) is 1. The number of aliphatic hydroxyl groups is 1. The number of alkyl halides is 3. The molecule has 3 nitrogen and oxygen atoms in total. The number of halogens is 3. The molecule has 158 valence electrons. The van der Waals surface area contributed by atoms with Gasteiger partial charge in [-0.25, -0.2) is 0 Å². The van der Waals surface area contributed by atoms with Gasteiger partial charge in [-0.1, -0.05) is 31.2 Å². The van der Waals surface area contributed by atoms with Gasteiger partial charge in [-0.05, 0) is 74.2 Å². The molecule has 0 amide bonds. The normalized spacial score (nSPS) is 18.4. The summed E-state index contributed by atoms with van der Waals surface area (Å²) in [5.41, 5.74) is 0.853. The molecule has 29 heavy (non-hydrogen) atoms. The van der Waals surface area contributed by atoms with Gasteiger partial charge in [0.1, 0.15) is 18.0 Å². The fourth-order valence-corrected chi connectivity index (χ4v) is 3.53. The second kappa shape index (κ2) is 9.18. The smallest absolute Gasteiger partial charge is 0.416 e. The number of rotatable bonds is 6. The van der Waals surface area contributed by atoms with Gasteiger partial charge in [-0.15, -0.1) is 0 Å². The van der Waals surface area contributed by atoms with Crippen LogP contribution in [0.1, 0.15) is 32.3 Å². The van der Waals surface area contributed by atoms with Crippen LogP contribution in [0.5, 0.6) is 5.75 Å². The number of piperidine rings is 1. The molecule has 2 unspecified atom stereocenters. The van der Waals surface area contributed by atoms with Gasteiger partial charge in [0, 0.05) is 6.54 Å². The van der Waals surface area contributed by atoms with Crippen molar-refractivity contribution in [2.75, 3.05) is 19.6 Å². The molecule has 0 spiro atoms. The minimum absolute atomic E-state index is 0.355. The van der Waals surface area contributed by atoms with E-state index in [1.807, 2.05) is 19.1 Å². The van der Waals surface area contributed by atoms with Crippen molar-refractivity contribution in [2.45, 2.75) is 45.1 Å². The maximum Gasteiger partial charge on any atom is 0.416 e. The quantitative estimate of drug-likeness (QED) is 0.712. The molecule has 1 aliphatic rings. The average Bonchev–Trinajstić information content (AvgIpc) is 2.69. The lowest BCUT2D eigenvalue weighted by atomic mass is 9.99. The Kier molecular flexibility index (Phi) is 6.85.